The standard InChI is InChI=1S/C21H22N4O3S/c1-27-14-4-6-19(28-2)15(9-14)17-5-3-13(10-22-17)11-25-8-7-18-16(12-25)20(26)24-21(29)23-18/h3-6,9-10H,7-8,11-12H2,1-2H3,(H2,23,24,26,29). The van der Waals surface area contributed by atoms with Crippen LogP contribution in [0.5, 0.6) is 11.5 Å². The summed E-state index contributed by atoms with van der Waals surface area (Å²) in [6, 6.07) is 9.68. The molecule has 0 unspecified atom stereocenters. The van der Waals surface area contributed by atoms with E-state index in [1.165, 1.54) is 0 Å². The zero-order valence-electron chi connectivity index (χ0n) is 16.3. The molecule has 1 aliphatic heterocycles. The number of pyridine rings is 1. The molecule has 0 radical (unpaired) electrons. The number of nitrogens with one attached hydrogen (secondary N) is 2. The molecule has 0 atom stereocenters. The molecule has 0 fully saturated rings. The van der Waals surface area contributed by atoms with Gasteiger partial charge in [-0.1, -0.05) is 6.07 Å². The largest absolute Gasteiger partial charge is 0.497 e. The number of nitrogens with zero attached hydrogens (tertiary/aromatic N) is 2. The molecule has 7 nitrogen and oxygen atoms in total. The fourth-order valence-corrected chi connectivity index (χ4v) is 3.81. The Morgan fingerprint density at radius 2 is 2.03 bits per heavy atom. The summed E-state index contributed by atoms with van der Waals surface area (Å²) in [4.78, 5) is 24.8. The highest BCUT2D eigenvalue weighted by atomic mass is 32.1. The topological polar surface area (TPSA) is 83.2 Å². The Morgan fingerprint density at radius 3 is 2.76 bits per heavy atom. The van der Waals surface area contributed by atoms with Crippen LogP contribution in [0, 0.1) is 4.77 Å². The van der Waals surface area contributed by atoms with Crippen LogP contribution in [0.1, 0.15) is 16.8 Å². The van der Waals surface area contributed by atoms with Crippen LogP contribution < -0.4 is 15.0 Å². The van der Waals surface area contributed by atoms with Crippen LogP contribution in [0.4, 0.5) is 0 Å². The van der Waals surface area contributed by atoms with Gasteiger partial charge in [0.1, 0.15) is 11.5 Å². The molecule has 0 saturated heterocycles. The van der Waals surface area contributed by atoms with Gasteiger partial charge in [0.15, 0.2) is 4.77 Å². The third-order valence-corrected chi connectivity index (χ3v) is 5.31. The zero-order valence-corrected chi connectivity index (χ0v) is 17.1. The molecule has 2 aromatic heterocycles. The lowest BCUT2D eigenvalue weighted by molar-refractivity contribution is 0.241. The van der Waals surface area contributed by atoms with E-state index in [0.29, 0.717) is 11.3 Å². The van der Waals surface area contributed by atoms with Gasteiger partial charge in [0.2, 0.25) is 0 Å². The lowest BCUT2D eigenvalue weighted by Crippen LogP contribution is -2.35. The van der Waals surface area contributed by atoms with E-state index in [-0.39, 0.29) is 5.56 Å². The van der Waals surface area contributed by atoms with Crippen molar-refractivity contribution in [1.82, 2.24) is 19.9 Å². The Hall–Kier alpha value is -2.97. The lowest BCUT2D eigenvalue weighted by atomic mass is 10.1. The van der Waals surface area contributed by atoms with Crippen molar-refractivity contribution in [1.29, 1.82) is 0 Å². The first-order valence-electron chi connectivity index (χ1n) is 9.31. The highest BCUT2D eigenvalue weighted by Gasteiger charge is 2.20. The van der Waals surface area contributed by atoms with E-state index in [9.17, 15) is 4.79 Å². The summed E-state index contributed by atoms with van der Waals surface area (Å²) in [7, 11) is 3.28. The Labute approximate surface area is 173 Å². The van der Waals surface area contributed by atoms with E-state index < -0.39 is 0 Å². The first-order chi connectivity index (χ1) is 14.1. The lowest BCUT2D eigenvalue weighted by Gasteiger charge is -2.27. The molecule has 4 rings (SSSR count). The number of H-pyrrole nitrogens is 2. The van der Waals surface area contributed by atoms with E-state index in [1.807, 2.05) is 30.5 Å². The van der Waals surface area contributed by atoms with Crippen molar-refractivity contribution in [2.75, 3.05) is 20.8 Å². The van der Waals surface area contributed by atoms with Crippen molar-refractivity contribution >= 4 is 12.2 Å². The quantitative estimate of drug-likeness (QED) is 0.629. The smallest absolute Gasteiger partial charge is 0.256 e. The number of hydrogen-bond acceptors (Lipinski definition) is 6. The van der Waals surface area contributed by atoms with Gasteiger partial charge >= 0.3 is 0 Å². The summed E-state index contributed by atoms with van der Waals surface area (Å²) in [6.07, 6.45) is 2.64. The van der Waals surface area contributed by atoms with Gasteiger partial charge in [0.25, 0.3) is 5.56 Å². The summed E-state index contributed by atoms with van der Waals surface area (Å²) in [6.45, 7) is 2.16. The van der Waals surface area contributed by atoms with Crippen LogP contribution in [-0.2, 0) is 19.5 Å². The van der Waals surface area contributed by atoms with Gasteiger partial charge in [-0.2, -0.15) is 0 Å². The van der Waals surface area contributed by atoms with E-state index in [4.69, 9.17) is 21.7 Å². The first kappa shape index (κ1) is 19.4. The van der Waals surface area contributed by atoms with Crippen LogP contribution in [-0.4, -0.2) is 40.6 Å². The molecule has 0 spiro atoms. The molecule has 1 aromatic carbocycles. The van der Waals surface area contributed by atoms with Gasteiger partial charge in [0.05, 0.1) is 25.5 Å². The van der Waals surface area contributed by atoms with Crippen molar-refractivity contribution in [3.8, 4) is 22.8 Å². The Kier molecular flexibility index (Phi) is 5.46. The third kappa shape index (κ3) is 4.08. The average molecular weight is 410 g/mol. The second-order valence-corrected chi connectivity index (χ2v) is 7.35. The highest BCUT2D eigenvalue weighted by molar-refractivity contribution is 7.71. The molecule has 0 saturated carbocycles. The van der Waals surface area contributed by atoms with Crippen molar-refractivity contribution in [2.45, 2.75) is 19.5 Å². The first-order valence-corrected chi connectivity index (χ1v) is 9.72. The van der Waals surface area contributed by atoms with Crippen molar-refractivity contribution in [3.63, 3.8) is 0 Å². The number of ether oxygens (including phenoxy) is 2. The summed E-state index contributed by atoms with van der Waals surface area (Å²) >= 11 is 5.06. The molecule has 29 heavy (non-hydrogen) atoms. The molecule has 0 amide bonds. The van der Waals surface area contributed by atoms with Crippen LogP contribution in [0.25, 0.3) is 11.3 Å². The maximum absolute atomic E-state index is 12.2. The van der Waals surface area contributed by atoms with E-state index in [2.05, 4.69) is 25.9 Å². The number of benzene rings is 1. The number of aromatic amines is 2. The second kappa shape index (κ2) is 8.18. The van der Waals surface area contributed by atoms with Gasteiger partial charge in [-0.05, 0) is 42.0 Å². The van der Waals surface area contributed by atoms with E-state index in [0.717, 1.165) is 59.1 Å². The second-order valence-electron chi connectivity index (χ2n) is 6.94. The normalized spacial score (nSPS) is 13.7. The molecule has 0 bridgehead atoms. The third-order valence-electron chi connectivity index (χ3n) is 5.10. The maximum Gasteiger partial charge on any atom is 0.256 e. The SMILES string of the molecule is COc1ccc(OC)c(-c2ccc(CN3CCc4[nH]c(=S)[nH]c(=O)c4C3)cn2)c1. The summed E-state index contributed by atoms with van der Waals surface area (Å²) in [5.74, 6) is 1.50. The zero-order chi connectivity index (χ0) is 20.4. The molecule has 150 valence electrons. The molecule has 8 heteroatoms. The Bertz CT molecular complexity index is 1140. The van der Waals surface area contributed by atoms with Crippen molar-refractivity contribution in [3.05, 3.63) is 68.5 Å². The molecular weight excluding hydrogens is 388 g/mol. The number of methoxy groups -OCH3 is 2. The summed E-state index contributed by atoms with van der Waals surface area (Å²) in [5, 5.41) is 0. The number of rotatable bonds is 5. The number of hydrogen-bond donors (Lipinski definition) is 2. The van der Waals surface area contributed by atoms with Gasteiger partial charge in [-0.15, -0.1) is 0 Å². The molecule has 1 aliphatic rings. The predicted molar refractivity (Wildman–Crippen MR) is 113 cm³/mol. The summed E-state index contributed by atoms with van der Waals surface area (Å²) < 4.78 is 11.2. The van der Waals surface area contributed by atoms with Crippen molar-refractivity contribution in [2.24, 2.45) is 0 Å². The van der Waals surface area contributed by atoms with E-state index in [1.54, 1.807) is 14.2 Å². The molecular formula is C21H22N4O3S. The molecule has 0 aliphatic carbocycles. The van der Waals surface area contributed by atoms with Gasteiger partial charge in [-0.3, -0.25) is 19.7 Å². The molecule has 3 heterocycles. The van der Waals surface area contributed by atoms with Crippen LogP contribution in [0.15, 0.2) is 41.3 Å². The average Bonchev–Trinajstić information content (AvgIpc) is 2.74. The Morgan fingerprint density at radius 1 is 1.17 bits per heavy atom. The Balaban J connectivity index is 1.52. The van der Waals surface area contributed by atoms with Crippen LogP contribution >= 0.6 is 12.2 Å². The minimum Gasteiger partial charge on any atom is -0.497 e. The fraction of sp³-hybridized carbons (Fsp3) is 0.286. The predicted octanol–water partition coefficient (Wildman–Crippen LogP) is 3.07. The number of aromatic nitrogens is 3. The monoisotopic (exact) mass is 410 g/mol. The van der Waals surface area contributed by atoms with Crippen LogP contribution in [0.2, 0.25) is 0 Å². The van der Waals surface area contributed by atoms with Gasteiger partial charge in [0, 0.05) is 43.5 Å². The van der Waals surface area contributed by atoms with Gasteiger partial charge < -0.3 is 14.5 Å². The molecule has 3 aromatic rings. The fourth-order valence-electron chi connectivity index (χ4n) is 3.60. The minimum atomic E-state index is -0.105. The molecule has 2 N–H and O–H groups in total. The number of fused-ring (bicyclic) bond motifs is 1. The van der Waals surface area contributed by atoms with Crippen molar-refractivity contribution < 1.29 is 9.47 Å². The van der Waals surface area contributed by atoms with Gasteiger partial charge in [-0.25, -0.2) is 0 Å². The minimum absolute atomic E-state index is 0.105. The summed E-state index contributed by atoms with van der Waals surface area (Å²) in [5.41, 5.74) is 4.38. The maximum atomic E-state index is 12.2. The van der Waals surface area contributed by atoms with E-state index >= 15 is 0 Å². The highest BCUT2D eigenvalue weighted by Crippen LogP contribution is 2.32. The van der Waals surface area contributed by atoms with Crippen LogP contribution in [0.3, 0.4) is 0 Å².